The minimum atomic E-state index is -3.78. The van der Waals surface area contributed by atoms with Crippen LogP contribution >= 0.6 is 0 Å². The van der Waals surface area contributed by atoms with Gasteiger partial charge in [0.25, 0.3) is 0 Å². The van der Waals surface area contributed by atoms with E-state index in [-0.39, 0.29) is 11.4 Å². The van der Waals surface area contributed by atoms with Crippen molar-refractivity contribution in [2.75, 3.05) is 12.8 Å². The van der Waals surface area contributed by atoms with Crippen LogP contribution in [0.4, 0.5) is 0 Å². The summed E-state index contributed by atoms with van der Waals surface area (Å²) in [4.78, 5) is 12.9. The zero-order valence-electron chi connectivity index (χ0n) is 14.2. The Balaban J connectivity index is 2.04. The summed E-state index contributed by atoms with van der Waals surface area (Å²) in [5.41, 5.74) is 0. The highest BCUT2D eigenvalue weighted by Gasteiger charge is 2.58. The molecule has 1 aromatic carbocycles. The number of nitrogens with zero attached hydrogens (tertiary/aromatic N) is 2. The van der Waals surface area contributed by atoms with Gasteiger partial charge in [-0.15, -0.1) is 0 Å². The first-order valence-corrected chi connectivity index (χ1v) is 11.6. The minimum Gasteiger partial charge on any atom is -0.273 e. The first kappa shape index (κ1) is 18.3. The fourth-order valence-corrected chi connectivity index (χ4v) is 6.90. The normalized spacial score (nSPS) is 27.7. The molecule has 2 saturated heterocycles. The number of hydrogen-bond donors (Lipinski definition) is 0. The summed E-state index contributed by atoms with van der Waals surface area (Å²) in [5, 5.41) is 0. The fraction of sp³-hybridized carbons (Fsp3) is 0.562. The van der Waals surface area contributed by atoms with Gasteiger partial charge in [0, 0.05) is 6.54 Å². The van der Waals surface area contributed by atoms with Crippen LogP contribution in [0, 0.1) is 5.92 Å². The Labute approximate surface area is 148 Å². The Morgan fingerprint density at radius 3 is 2.32 bits per heavy atom. The van der Waals surface area contributed by atoms with Gasteiger partial charge in [-0.3, -0.25) is 4.79 Å². The van der Waals surface area contributed by atoms with E-state index in [0.717, 1.165) is 10.6 Å². The average molecular weight is 386 g/mol. The van der Waals surface area contributed by atoms with Gasteiger partial charge < -0.3 is 0 Å². The third kappa shape index (κ3) is 2.98. The lowest BCUT2D eigenvalue weighted by Gasteiger charge is -2.26. The maximum absolute atomic E-state index is 13.0. The molecule has 2 aliphatic heterocycles. The number of carbonyl (C=O) groups is 1. The molecule has 1 aromatic rings. The van der Waals surface area contributed by atoms with Gasteiger partial charge >= 0.3 is 0 Å². The molecule has 7 nitrogen and oxygen atoms in total. The summed E-state index contributed by atoms with van der Waals surface area (Å²) < 4.78 is 52.5. The molecular weight excluding hydrogens is 364 g/mol. The van der Waals surface area contributed by atoms with Crippen LogP contribution in [0.5, 0.6) is 0 Å². The lowest BCUT2D eigenvalue weighted by atomic mass is 9.95. The number of rotatable bonds is 5. The van der Waals surface area contributed by atoms with E-state index < -0.39 is 44.0 Å². The van der Waals surface area contributed by atoms with E-state index in [0.29, 0.717) is 19.3 Å². The molecular formula is C16H22N2O5S2. The van der Waals surface area contributed by atoms with E-state index >= 15 is 0 Å². The largest absolute Gasteiger partial charge is 0.273 e. The van der Waals surface area contributed by atoms with Crippen LogP contribution in [0.3, 0.4) is 0 Å². The highest BCUT2D eigenvalue weighted by molar-refractivity contribution is 7.89. The lowest BCUT2D eigenvalue weighted by molar-refractivity contribution is -0.128. The molecule has 0 aliphatic carbocycles. The van der Waals surface area contributed by atoms with Gasteiger partial charge in [0.15, 0.2) is 0 Å². The number of hydrogen-bond acceptors (Lipinski definition) is 5. The first-order chi connectivity index (χ1) is 11.7. The third-order valence-corrected chi connectivity index (χ3v) is 8.00. The van der Waals surface area contributed by atoms with Crippen LogP contribution in [0.25, 0.3) is 0 Å². The number of fused-ring (bicyclic) bond motifs is 1. The quantitative estimate of drug-likeness (QED) is 0.754. The number of amides is 1. The van der Waals surface area contributed by atoms with Crippen LogP contribution in [0.2, 0.25) is 0 Å². The third-order valence-electron chi connectivity index (χ3n) is 4.93. The predicted molar refractivity (Wildman–Crippen MR) is 92.6 cm³/mol. The van der Waals surface area contributed by atoms with Crippen molar-refractivity contribution in [1.82, 2.24) is 8.61 Å². The summed E-state index contributed by atoms with van der Waals surface area (Å²) in [6.07, 6.45) is 2.48. The van der Waals surface area contributed by atoms with Gasteiger partial charge in [-0.1, -0.05) is 31.5 Å². The molecule has 3 rings (SSSR count). The van der Waals surface area contributed by atoms with Crippen LogP contribution in [-0.4, -0.2) is 56.2 Å². The molecule has 1 amide bonds. The van der Waals surface area contributed by atoms with Crippen molar-refractivity contribution in [2.45, 2.75) is 43.2 Å². The smallest absolute Gasteiger partial charge is 0.243 e. The van der Waals surface area contributed by atoms with Crippen molar-refractivity contribution < 1.29 is 21.6 Å². The Morgan fingerprint density at radius 2 is 1.76 bits per heavy atom. The molecule has 0 N–H and O–H groups in total. The van der Waals surface area contributed by atoms with Crippen molar-refractivity contribution in [2.24, 2.45) is 5.92 Å². The SMILES string of the molecule is CCC[C@H]1C(=O)N(S(C)(=O)=O)[C@H]2CCN(S(=O)(=O)c3ccccc3)[C@H]12. The molecule has 0 spiro atoms. The summed E-state index contributed by atoms with van der Waals surface area (Å²) in [6.45, 7) is 2.11. The van der Waals surface area contributed by atoms with Gasteiger partial charge in [0.1, 0.15) is 0 Å². The summed E-state index contributed by atoms with van der Waals surface area (Å²) >= 11 is 0. The van der Waals surface area contributed by atoms with Crippen molar-refractivity contribution in [3.8, 4) is 0 Å². The number of benzene rings is 1. The van der Waals surface area contributed by atoms with Gasteiger partial charge in [-0.05, 0) is 25.0 Å². The first-order valence-electron chi connectivity index (χ1n) is 8.29. The van der Waals surface area contributed by atoms with E-state index in [4.69, 9.17) is 0 Å². The Morgan fingerprint density at radius 1 is 1.12 bits per heavy atom. The van der Waals surface area contributed by atoms with Crippen molar-refractivity contribution in [1.29, 1.82) is 0 Å². The molecule has 0 saturated carbocycles. The maximum Gasteiger partial charge on any atom is 0.243 e. The Hall–Kier alpha value is -1.45. The van der Waals surface area contributed by atoms with Gasteiger partial charge in [0.05, 0.1) is 29.2 Å². The van der Waals surface area contributed by atoms with Crippen molar-refractivity contribution in [3.63, 3.8) is 0 Å². The Kier molecular flexibility index (Phi) is 4.67. The second kappa shape index (κ2) is 6.37. The van der Waals surface area contributed by atoms with Crippen LogP contribution in [0.1, 0.15) is 26.2 Å². The highest BCUT2D eigenvalue weighted by atomic mass is 32.2. The van der Waals surface area contributed by atoms with Crippen LogP contribution in [0.15, 0.2) is 35.2 Å². The molecule has 2 aliphatic rings. The predicted octanol–water partition coefficient (Wildman–Crippen LogP) is 1.04. The second-order valence-electron chi connectivity index (χ2n) is 6.57. The zero-order valence-corrected chi connectivity index (χ0v) is 15.8. The van der Waals surface area contributed by atoms with E-state index in [1.807, 2.05) is 6.92 Å². The number of sulfonamides is 2. The molecule has 0 radical (unpaired) electrons. The van der Waals surface area contributed by atoms with E-state index in [2.05, 4.69) is 0 Å². The zero-order chi connectivity index (χ0) is 18.4. The second-order valence-corrected chi connectivity index (χ2v) is 10.3. The number of carbonyl (C=O) groups excluding carboxylic acids is 1. The summed E-state index contributed by atoms with van der Waals surface area (Å²) in [6, 6.07) is 6.81. The lowest BCUT2D eigenvalue weighted by Crippen LogP contribution is -2.43. The minimum absolute atomic E-state index is 0.163. The van der Waals surface area contributed by atoms with E-state index in [1.165, 1.54) is 16.4 Å². The summed E-state index contributed by atoms with van der Waals surface area (Å²) in [5.74, 6) is -1.10. The highest BCUT2D eigenvalue weighted by Crippen LogP contribution is 2.42. The molecule has 0 aromatic heterocycles. The summed E-state index contributed by atoms with van der Waals surface area (Å²) in [7, 11) is -7.51. The molecule has 2 heterocycles. The van der Waals surface area contributed by atoms with Gasteiger partial charge in [-0.25, -0.2) is 21.1 Å². The van der Waals surface area contributed by atoms with Crippen LogP contribution < -0.4 is 0 Å². The standard InChI is InChI=1S/C16H22N2O5S2/c1-3-7-13-15-14(18(16(13)19)24(2,20)21)10-11-17(15)25(22,23)12-8-5-4-6-9-12/h4-6,8-9,13-15H,3,7,10-11H2,1-2H3/t13-,14+,15-/m1/s1. The van der Waals surface area contributed by atoms with E-state index in [9.17, 15) is 21.6 Å². The molecule has 0 unspecified atom stereocenters. The van der Waals surface area contributed by atoms with Crippen molar-refractivity contribution >= 4 is 26.0 Å². The molecule has 25 heavy (non-hydrogen) atoms. The molecule has 3 atom stereocenters. The Bertz CT molecular complexity index is 867. The topological polar surface area (TPSA) is 91.8 Å². The van der Waals surface area contributed by atoms with Gasteiger partial charge in [0.2, 0.25) is 26.0 Å². The molecule has 138 valence electrons. The molecule has 2 fully saturated rings. The molecule has 0 bridgehead atoms. The van der Waals surface area contributed by atoms with Crippen LogP contribution in [-0.2, 0) is 24.8 Å². The monoisotopic (exact) mass is 386 g/mol. The fourth-order valence-electron chi connectivity index (χ4n) is 3.99. The molecule has 9 heteroatoms. The van der Waals surface area contributed by atoms with Gasteiger partial charge in [-0.2, -0.15) is 4.31 Å². The maximum atomic E-state index is 13.0. The average Bonchev–Trinajstić information content (AvgIpc) is 3.07. The van der Waals surface area contributed by atoms with E-state index in [1.54, 1.807) is 18.2 Å². The van der Waals surface area contributed by atoms with Crippen molar-refractivity contribution in [3.05, 3.63) is 30.3 Å².